The zero-order valence-corrected chi connectivity index (χ0v) is 22.7. The van der Waals surface area contributed by atoms with Crippen LogP contribution >= 0.6 is 23.2 Å². The maximum absolute atomic E-state index is 13.4. The number of piperazine rings is 1. The number of amides is 1. The van der Waals surface area contributed by atoms with Crippen molar-refractivity contribution in [2.24, 2.45) is 0 Å². The summed E-state index contributed by atoms with van der Waals surface area (Å²) in [6.45, 7) is 1.68. The van der Waals surface area contributed by atoms with Gasteiger partial charge in [-0.3, -0.25) is 4.79 Å². The van der Waals surface area contributed by atoms with E-state index in [9.17, 15) is 26.4 Å². The van der Waals surface area contributed by atoms with Crippen LogP contribution in [0.5, 0.6) is 0 Å². The summed E-state index contributed by atoms with van der Waals surface area (Å²) >= 11 is 12.3. The van der Waals surface area contributed by atoms with Gasteiger partial charge < -0.3 is 14.5 Å². The fourth-order valence-electron chi connectivity index (χ4n) is 4.60. The Morgan fingerprint density at radius 1 is 1.03 bits per heavy atom. The minimum absolute atomic E-state index is 0.0441. The molecule has 14 heteroatoms. The van der Waals surface area contributed by atoms with Crippen molar-refractivity contribution in [1.29, 1.82) is 0 Å². The standard InChI is InChI=1S/C24H27Cl2F3N4O4S/c25-19-5-3-6-20(26)23(19)38(35,36)33-9-2-1-4-18(33)15-37-16-22(34)32-12-10-31(11-13-32)21-8-7-17(14-30-21)24(27,28)29/h3,5-8,14,18H,1-2,4,9-13,15-16H2. The molecule has 4 rings (SSSR count). The van der Waals surface area contributed by atoms with Gasteiger partial charge in [0, 0.05) is 45.0 Å². The third-order valence-electron chi connectivity index (χ3n) is 6.63. The molecule has 2 fully saturated rings. The van der Waals surface area contributed by atoms with Gasteiger partial charge in [-0.2, -0.15) is 17.5 Å². The van der Waals surface area contributed by atoms with Crippen LogP contribution in [0.4, 0.5) is 19.0 Å². The Hall–Kier alpha value is -2.12. The van der Waals surface area contributed by atoms with Crippen molar-refractivity contribution in [3.63, 3.8) is 0 Å². The van der Waals surface area contributed by atoms with Crippen molar-refractivity contribution in [3.05, 3.63) is 52.1 Å². The first kappa shape index (κ1) is 28.9. The number of carbonyl (C=O) groups excluding carboxylic acids is 1. The summed E-state index contributed by atoms with van der Waals surface area (Å²) in [5.41, 5.74) is -0.813. The van der Waals surface area contributed by atoms with Gasteiger partial charge in [-0.1, -0.05) is 35.7 Å². The lowest BCUT2D eigenvalue weighted by molar-refractivity contribution is -0.138. The second kappa shape index (κ2) is 12.0. The Balaban J connectivity index is 1.29. The summed E-state index contributed by atoms with van der Waals surface area (Å²) < 4.78 is 72.0. The Labute approximate surface area is 229 Å². The number of nitrogens with zero attached hydrogens (tertiary/aromatic N) is 4. The lowest BCUT2D eigenvalue weighted by Crippen LogP contribution is -2.50. The first-order valence-corrected chi connectivity index (χ1v) is 14.3. The van der Waals surface area contributed by atoms with Crippen LogP contribution < -0.4 is 4.90 Å². The number of rotatable bonds is 7. The predicted molar refractivity (Wildman–Crippen MR) is 137 cm³/mol. The van der Waals surface area contributed by atoms with Gasteiger partial charge in [0.25, 0.3) is 0 Å². The molecule has 2 aliphatic rings. The highest BCUT2D eigenvalue weighted by Gasteiger charge is 2.36. The Morgan fingerprint density at radius 2 is 1.71 bits per heavy atom. The highest BCUT2D eigenvalue weighted by Crippen LogP contribution is 2.34. The van der Waals surface area contributed by atoms with Gasteiger partial charge in [0.15, 0.2) is 0 Å². The molecule has 208 valence electrons. The topological polar surface area (TPSA) is 83.0 Å². The largest absolute Gasteiger partial charge is 0.417 e. The molecule has 0 saturated carbocycles. The molecule has 0 spiro atoms. The van der Waals surface area contributed by atoms with E-state index >= 15 is 0 Å². The van der Waals surface area contributed by atoms with Crippen molar-refractivity contribution in [2.45, 2.75) is 36.4 Å². The molecule has 1 aromatic heterocycles. The molecule has 1 aromatic carbocycles. The number of anilines is 1. The average Bonchev–Trinajstić information content (AvgIpc) is 2.88. The second-order valence-corrected chi connectivity index (χ2v) is 11.7. The first-order chi connectivity index (χ1) is 18.0. The molecule has 2 aliphatic heterocycles. The van der Waals surface area contributed by atoms with Crippen LogP contribution in [0.1, 0.15) is 24.8 Å². The molecule has 0 aliphatic carbocycles. The summed E-state index contributed by atoms with van der Waals surface area (Å²) in [4.78, 5) is 19.9. The molecule has 38 heavy (non-hydrogen) atoms. The molecule has 2 aromatic rings. The van der Waals surface area contributed by atoms with E-state index in [0.29, 0.717) is 51.4 Å². The number of aromatic nitrogens is 1. The van der Waals surface area contributed by atoms with Crippen molar-refractivity contribution >= 4 is 45.0 Å². The molecular formula is C24H27Cl2F3N4O4S. The third kappa shape index (κ3) is 6.53. The number of carbonyl (C=O) groups is 1. The third-order valence-corrected chi connectivity index (χ3v) is 9.53. The fourth-order valence-corrected chi connectivity index (χ4v) is 7.38. The number of alkyl halides is 3. The maximum Gasteiger partial charge on any atom is 0.417 e. The minimum Gasteiger partial charge on any atom is -0.370 e. The number of piperidine rings is 1. The Kier molecular flexibility index (Phi) is 9.08. The van der Waals surface area contributed by atoms with E-state index in [-0.39, 0.29) is 34.1 Å². The quantitative estimate of drug-likeness (QED) is 0.475. The number of hydrogen-bond acceptors (Lipinski definition) is 6. The van der Waals surface area contributed by atoms with E-state index in [1.54, 1.807) is 11.0 Å². The van der Waals surface area contributed by atoms with E-state index in [4.69, 9.17) is 27.9 Å². The van der Waals surface area contributed by atoms with Gasteiger partial charge >= 0.3 is 6.18 Å². The van der Waals surface area contributed by atoms with E-state index in [2.05, 4.69) is 4.98 Å². The molecule has 3 heterocycles. The number of ether oxygens (including phenoxy) is 1. The molecule has 0 bridgehead atoms. The molecule has 1 amide bonds. The molecule has 1 atom stereocenters. The van der Waals surface area contributed by atoms with Gasteiger partial charge in [0.1, 0.15) is 17.3 Å². The van der Waals surface area contributed by atoms with Crippen molar-refractivity contribution < 1.29 is 31.1 Å². The number of sulfonamides is 1. The summed E-state index contributed by atoms with van der Waals surface area (Å²) in [6.07, 6.45) is -1.56. The van der Waals surface area contributed by atoms with E-state index in [1.165, 1.54) is 22.5 Å². The van der Waals surface area contributed by atoms with Gasteiger partial charge in [-0.15, -0.1) is 0 Å². The smallest absolute Gasteiger partial charge is 0.370 e. The Bertz CT molecular complexity index is 1220. The number of hydrogen-bond donors (Lipinski definition) is 0. The van der Waals surface area contributed by atoms with Gasteiger partial charge in [-0.25, -0.2) is 13.4 Å². The highest BCUT2D eigenvalue weighted by molar-refractivity contribution is 7.89. The number of halogens is 5. The van der Waals surface area contributed by atoms with Crippen LogP contribution in [-0.4, -0.2) is 80.5 Å². The number of pyridine rings is 1. The number of benzene rings is 1. The SMILES string of the molecule is O=C(COCC1CCCCN1S(=O)(=O)c1c(Cl)cccc1Cl)N1CCN(c2ccc(C(F)(F)F)cn2)CC1. The van der Waals surface area contributed by atoms with Crippen molar-refractivity contribution in [2.75, 3.05) is 50.8 Å². The van der Waals surface area contributed by atoms with Crippen molar-refractivity contribution in [3.8, 4) is 0 Å². The molecule has 2 saturated heterocycles. The minimum atomic E-state index is -4.45. The molecular weight excluding hydrogens is 568 g/mol. The Morgan fingerprint density at radius 3 is 2.32 bits per heavy atom. The zero-order valence-electron chi connectivity index (χ0n) is 20.3. The van der Waals surface area contributed by atoms with Crippen LogP contribution in [0.3, 0.4) is 0 Å². The second-order valence-electron chi connectivity index (χ2n) is 9.10. The summed E-state index contributed by atoms with van der Waals surface area (Å²) in [6, 6.07) is 6.37. The highest BCUT2D eigenvalue weighted by atomic mass is 35.5. The van der Waals surface area contributed by atoms with Crippen molar-refractivity contribution in [1.82, 2.24) is 14.2 Å². The maximum atomic E-state index is 13.4. The van der Waals surface area contributed by atoms with Gasteiger partial charge in [0.2, 0.25) is 15.9 Å². The zero-order chi connectivity index (χ0) is 27.5. The van der Waals surface area contributed by atoms with Crippen LogP contribution in [0, 0.1) is 0 Å². The molecule has 8 nitrogen and oxygen atoms in total. The molecule has 0 N–H and O–H groups in total. The molecule has 1 unspecified atom stereocenters. The van der Waals surface area contributed by atoms with Gasteiger partial charge in [-0.05, 0) is 37.1 Å². The normalized spacial score (nSPS) is 19.6. The lowest BCUT2D eigenvalue weighted by atomic mass is 10.1. The molecule has 0 radical (unpaired) electrons. The summed E-state index contributed by atoms with van der Waals surface area (Å²) in [7, 11) is -3.97. The van der Waals surface area contributed by atoms with E-state index in [1.807, 2.05) is 4.90 Å². The fraction of sp³-hybridized carbons (Fsp3) is 0.500. The average molecular weight is 595 g/mol. The monoisotopic (exact) mass is 594 g/mol. The van der Waals surface area contributed by atoms with E-state index < -0.39 is 27.8 Å². The van der Waals surface area contributed by atoms with Crippen LogP contribution in [0.25, 0.3) is 0 Å². The van der Waals surface area contributed by atoms with E-state index in [0.717, 1.165) is 18.7 Å². The van der Waals surface area contributed by atoms with Crippen LogP contribution in [0.15, 0.2) is 41.4 Å². The van der Waals surface area contributed by atoms with Crippen LogP contribution in [0.2, 0.25) is 10.0 Å². The summed E-state index contributed by atoms with van der Waals surface area (Å²) in [5.74, 6) is 0.169. The lowest BCUT2D eigenvalue weighted by Gasteiger charge is -2.36. The predicted octanol–water partition coefficient (Wildman–Crippen LogP) is 4.32. The van der Waals surface area contributed by atoms with Gasteiger partial charge in [0.05, 0.1) is 22.2 Å². The van der Waals surface area contributed by atoms with Crippen LogP contribution in [-0.2, 0) is 25.7 Å². The first-order valence-electron chi connectivity index (χ1n) is 12.1. The summed E-state index contributed by atoms with van der Waals surface area (Å²) in [5, 5.41) is 0.0899.